The smallest absolute Gasteiger partial charge is 0.255 e. The molecule has 4 aromatic rings. The quantitative estimate of drug-likeness (QED) is 0.247. The molecule has 0 radical (unpaired) electrons. The van der Waals surface area contributed by atoms with E-state index in [1.54, 1.807) is 7.11 Å². The second-order valence-electron chi connectivity index (χ2n) is 11.7. The average molecular weight is 555 g/mol. The third-order valence-electron chi connectivity index (χ3n) is 8.76. The molecule has 3 aromatic heterocycles. The van der Waals surface area contributed by atoms with Crippen LogP contribution in [-0.2, 0) is 13.0 Å². The van der Waals surface area contributed by atoms with E-state index in [0.29, 0.717) is 23.7 Å². The van der Waals surface area contributed by atoms with Gasteiger partial charge in [0.1, 0.15) is 5.75 Å². The molecule has 1 aliphatic heterocycles. The van der Waals surface area contributed by atoms with Crippen LogP contribution in [-0.4, -0.2) is 45.4 Å². The van der Waals surface area contributed by atoms with Gasteiger partial charge < -0.3 is 14.3 Å². The van der Waals surface area contributed by atoms with Crippen LogP contribution in [0.5, 0.6) is 5.75 Å². The van der Waals surface area contributed by atoms with Crippen molar-refractivity contribution in [3.63, 3.8) is 0 Å². The first-order valence-corrected chi connectivity index (χ1v) is 14.7. The maximum absolute atomic E-state index is 13.7. The Morgan fingerprint density at radius 2 is 1.76 bits per heavy atom. The van der Waals surface area contributed by atoms with Crippen LogP contribution < -0.4 is 10.3 Å². The number of carbonyl (C=O) groups is 1. The molecule has 0 amide bonds. The molecule has 0 aliphatic carbocycles. The number of benzene rings is 1. The molecule has 7 nitrogen and oxygen atoms in total. The Kier molecular flexibility index (Phi) is 8.45. The number of nitrogens with zero attached hydrogens (tertiary/aromatic N) is 3. The van der Waals surface area contributed by atoms with Crippen LogP contribution in [0.2, 0.25) is 0 Å². The third-order valence-corrected chi connectivity index (χ3v) is 8.76. The molecule has 5 rings (SSSR count). The molecule has 4 heterocycles. The number of fused-ring (bicyclic) bond motifs is 1. The summed E-state index contributed by atoms with van der Waals surface area (Å²) in [5, 5.41) is 0.993. The Bertz CT molecular complexity index is 1600. The van der Waals surface area contributed by atoms with Gasteiger partial charge in [-0.15, -0.1) is 0 Å². The van der Waals surface area contributed by atoms with Crippen molar-refractivity contribution in [3.8, 4) is 5.75 Å². The average Bonchev–Trinajstić information content (AvgIpc) is 3.23. The van der Waals surface area contributed by atoms with Crippen LogP contribution in [0.25, 0.3) is 10.9 Å². The highest BCUT2D eigenvalue weighted by atomic mass is 16.5. The normalized spacial score (nSPS) is 15.4. The third kappa shape index (κ3) is 6.01. The van der Waals surface area contributed by atoms with Gasteiger partial charge in [-0.3, -0.25) is 19.5 Å². The lowest BCUT2D eigenvalue weighted by Gasteiger charge is -2.36. The molecule has 0 saturated carbocycles. The molecule has 1 aliphatic rings. The molecule has 216 valence electrons. The summed E-state index contributed by atoms with van der Waals surface area (Å²) < 4.78 is 7.84. The van der Waals surface area contributed by atoms with E-state index in [0.717, 1.165) is 71.7 Å². The zero-order valence-corrected chi connectivity index (χ0v) is 25.2. The number of ether oxygens (including phenoxy) is 1. The number of aromatic nitrogens is 3. The van der Waals surface area contributed by atoms with E-state index in [4.69, 9.17) is 4.74 Å². The van der Waals surface area contributed by atoms with Crippen molar-refractivity contribution in [2.75, 3.05) is 20.2 Å². The van der Waals surface area contributed by atoms with Gasteiger partial charge >= 0.3 is 0 Å². The van der Waals surface area contributed by atoms with Gasteiger partial charge in [0, 0.05) is 58.2 Å². The summed E-state index contributed by atoms with van der Waals surface area (Å²) in [6, 6.07) is 14.7. The number of Topliss-reactive ketones (excluding diaryl/α,β-unsaturated/α-hetero) is 1. The summed E-state index contributed by atoms with van der Waals surface area (Å²) >= 11 is 0. The Balaban J connectivity index is 1.33. The summed E-state index contributed by atoms with van der Waals surface area (Å²) in [6.07, 6.45) is 2.82. The van der Waals surface area contributed by atoms with Crippen molar-refractivity contribution >= 4 is 16.7 Å². The Morgan fingerprint density at radius 1 is 1.07 bits per heavy atom. The van der Waals surface area contributed by atoms with E-state index in [1.165, 1.54) is 5.56 Å². The molecule has 0 unspecified atom stereocenters. The second-order valence-corrected chi connectivity index (χ2v) is 11.7. The molecule has 1 N–H and O–H groups in total. The first kappa shape index (κ1) is 28.8. The lowest BCUT2D eigenvalue weighted by Crippen LogP contribution is -2.36. The Hall–Kier alpha value is -3.71. The Morgan fingerprint density at radius 3 is 2.44 bits per heavy atom. The predicted molar refractivity (Wildman–Crippen MR) is 164 cm³/mol. The Labute approximate surface area is 242 Å². The van der Waals surface area contributed by atoms with Crippen LogP contribution in [0.4, 0.5) is 0 Å². The topological polar surface area (TPSA) is 80.2 Å². The fraction of sp³-hybridized carbons (Fsp3) is 0.441. The summed E-state index contributed by atoms with van der Waals surface area (Å²) in [5.74, 6) is 1.12. The SMILES string of the molecule is COc1cc(C)[nH]c(=O)c1CCC(=O)c1c(C)n([C@H](C)C2CCN(Cc3cc(C)nc(C)c3)CC2)c2ccccc12. The molecular formula is C34H42N4O3. The van der Waals surface area contributed by atoms with Crippen LogP contribution in [0.1, 0.15) is 76.5 Å². The molecule has 41 heavy (non-hydrogen) atoms. The number of hydrogen-bond acceptors (Lipinski definition) is 5. The highest BCUT2D eigenvalue weighted by molar-refractivity contribution is 6.09. The van der Waals surface area contributed by atoms with Gasteiger partial charge in [-0.25, -0.2) is 0 Å². The fourth-order valence-electron chi connectivity index (χ4n) is 6.81. The summed E-state index contributed by atoms with van der Waals surface area (Å²) in [6.45, 7) is 13.4. The first-order valence-electron chi connectivity index (χ1n) is 14.7. The van der Waals surface area contributed by atoms with Crippen LogP contribution in [0.15, 0.2) is 47.3 Å². The molecule has 0 bridgehead atoms. The number of para-hydroxylation sites is 1. The van der Waals surface area contributed by atoms with Crippen molar-refractivity contribution in [1.29, 1.82) is 0 Å². The summed E-state index contributed by atoms with van der Waals surface area (Å²) in [5.41, 5.74) is 7.45. The van der Waals surface area contributed by atoms with E-state index in [9.17, 15) is 9.59 Å². The maximum atomic E-state index is 13.7. The van der Waals surface area contributed by atoms with Crippen molar-refractivity contribution in [1.82, 2.24) is 19.4 Å². The number of rotatable bonds is 9. The number of methoxy groups -OCH3 is 1. The van der Waals surface area contributed by atoms with Gasteiger partial charge in [-0.05, 0) is 103 Å². The van der Waals surface area contributed by atoms with Crippen molar-refractivity contribution in [2.45, 2.75) is 72.9 Å². The lowest BCUT2D eigenvalue weighted by molar-refractivity contribution is 0.0983. The van der Waals surface area contributed by atoms with E-state index in [2.05, 4.69) is 77.5 Å². The van der Waals surface area contributed by atoms with Crippen LogP contribution in [0, 0.1) is 33.6 Å². The number of likely N-dealkylation sites (tertiary alicyclic amines) is 1. The fourth-order valence-corrected chi connectivity index (χ4v) is 6.81. The molecule has 1 fully saturated rings. The summed E-state index contributed by atoms with van der Waals surface area (Å²) in [7, 11) is 1.56. The number of pyridine rings is 2. The molecule has 7 heteroatoms. The number of H-pyrrole nitrogens is 1. The number of aromatic amines is 1. The highest BCUT2D eigenvalue weighted by Crippen LogP contribution is 2.36. The second kappa shape index (κ2) is 12.0. The monoisotopic (exact) mass is 554 g/mol. The largest absolute Gasteiger partial charge is 0.496 e. The van der Waals surface area contributed by atoms with E-state index in [1.807, 2.05) is 19.1 Å². The van der Waals surface area contributed by atoms with Crippen LogP contribution >= 0.6 is 0 Å². The standard InChI is InChI=1S/C34H42N4O3/c1-21-17-26(18-22(2)35-21)20-37-15-13-27(14-16-37)24(4)38-25(5)33(28-9-7-8-10-30(28)38)31(39)12-11-29-32(41-6)19-23(3)36-34(29)40/h7-10,17-19,24,27H,11-16,20H2,1-6H3,(H,36,40)/t24-/m1/s1. The number of hydrogen-bond donors (Lipinski definition) is 1. The molecule has 1 saturated heterocycles. The minimum atomic E-state index is -0.192. The minimum absolute atomic E-state index is 0.0597. The minimum Gasteiger partial charge on any atom is -0.496 e. The van der Waals surface area contributed by atoms with E-state index >= 15 is 0 Å². The van der Waals surface area contributed by atoms with Gasteiger partial charge in [-0.2, -0.15) is 0 Å². The van der Waals surface area contributed by atoms with E-state index < -0.39 is 0 Å². The van der Waals surface area contributed by atoms with Crippen molar-refractivity contribution < 1.29 is 9.53 Å². The van der Waals surface area contributed by atoms with Crippen molar-refractivity contribution in [3.05, 3.63) is 92.3 Å². The van der Waals surface area contributed by atoms with Gasteiger partial charge in [0.05, 0.1) is 12.7 Å². The van der Waals surface area contributed by atoms with Gasteiger partial charge in [-0.1, -0.05) is 18.2 Å². The molecule has 1 atom stereocenters. The lowest BCUT2D eigenvalue weighted by atomic mass is 9.89. The number of carbonyl (C=O) groups excluding carboxylic acids is 1. The predicted octanol–water partition coefficient (Wildman–Crippen LogP) is 6.26. The first-order chi connectivity index (χ1) is 19.7. The zero-order chi connectivity index (χ0) is 29.3. The maximum Gasteiger partial charge on any atom is 0.255 e. The van der Waals surface area contributed by atoms with E-state index in [-0.39, 0.29) is 23.8 Å². The van der Waals surface area contributed by atoms with Crippen LogP contribution in [0.3, 0.4) is 0 Å². The number of nitrogens with one attached hydrogen (secondary N) is 1. The molecule has 1 aromatic carbocycles. The number of piperidine rings is 1. The van der Waals surface area contributed by atoms with Gasteiger partial charge in [0.25, 0.3) is 5.56 Å². The van der Waals surface area contributed by atoms with Gasteiger partial charge in [0.15, 0.2) is 5.78 Å². The van der Waals surface area contributed by atoms with Crippen molar-refractivity contribution in [2.24, 2.45) is 5.92 Å². The molecular weight excluding hydrogens is 512 g/mol. The zero-order valence-electron chi connectivity index (χ0n) is 25.2. The summed E-state index contributed by atoms with van der Waals surface area (Å²) in [4.78, 5) is 36.3. The highest BCUT2D eigenvalue weighted by Gasteiger charge is 2.29. The number of aryl methyl sites for hydroxylation is 3. The van der Waals surface area contributed by atoms with Gasteiger partial charge in [0.2, 0.25) is 0 Å². The number of ketones is 1. The molecule has 0 spiro atoms.